The van der Waals surface area contributed by atoms with Crippen molar-refractivity contribution in [3.63, 3.8) is 0 Å². The average molecular weight is 357 g/mol. The first-order valence-electron chi connectivity index (χ1n) is 6.35. The van der Waals surface area contributed by atoms with Crippen molar-refractivity contribution in [2.24, 2.45) is 0 Å². The molecule has 2 rings (SSSR count). The average Bonchev–Trinajstić information content (AvgIpc) is 2.50. The molecular weight excluding hydrogens is 342 g/mol. The number of hydrogen-bond donors (Lipinski definition) is 0. The Hall–Kier alpha value is -1.62. The van der Waals surface area contributed by atoms with Gasteiger partial charge in [0.05, 0.1) is 14.2 Å². The molecule has 0 radical (unpaired) electrons. The van der Waals surface area contributed by atoms with Crippen molar-refractivity contribution in [2.75, 3.05) is 14.2 Å². The normalized spacial score (nSPS) is 12.0. The molecular formula is C16H15BrF2O2. The van der Waals surface area contributed by atoms with E-state index in [2.05, 4.69) is 15.9 Å². The van der Waals surface area contributed by atoms with Crippen LogP contribution in [0.25, 0.3) is 0 Å². The fourth-order valence-electron chi connectivity index (χ4n) is 2.09. The van der Waals surface area contributed by atoms with Crippen LogP contribution < -0.4 is 9.47 Å². The van der Waals surface area contributed by atoms with Gasteiger partial charge in [-0.25, -0.2) is 8.78 Å². The van der Waals surface area contributed by atoms with Crippen LogP contribution in [-0.2, 0) is 6.42 Å². The van der Waals surface area contributed by atoms with Crippen LogP contribution in [0.4, 0.5) is 8.78 Å². The molecule has 1 atom stereocenters. The zero-order chi connectivity index (χ0) is 15.4. The Bertz CT molecular complexity index is 611. The molecule has 0 aliphatic carbocycles. The predicted molar refractivity (Wildman–Crippen MR) is 81.3 cm³/mol. The zero-order valence-corrected chi connectivity index (χ0v) is 13.3. The van der Waals surface area contributed by atoms with Gasteiger partial charge in [-0.2, -0.15) is 0 Å². The Morgan fingerprint density at radius 1 is 1.05 bits per heavy atom. The van der Waals surface area contributed by atoms with Gasteiger partial charge in [0, 0.05) is 22.0 Å². The standard InChI is InChI=1S/C16H15BrF2O2/c1-20-10-6-7-11(16(8-10)21-2)13(17)9-12-14(18)4-3-5-15(12)19/h3-8,13H,9H2,1-2H3. The summed E-state index contributed by atoms with van der Waals surface area (Å²) in [6.07, 6.45) is 0.182. The van der Waals surface area contributed by atoms with Gasteiger partial charge in [-0.15, -0.1) is 0 Å². The van der Waals surface area contributed by atoms with Crippen LogP contribution in [0.3, 0.4) is 0 Å². The number of benzene rings is 2. The lowest BCUT2D eigenvalue weighted by Gasteiger charge is -2.16. The van der Waals surface area contributed by atoms with E-state index >= 15 is 0 Å². The fraction of sp³-hybridized carbons (Fsp3) is 0.250. The molecule has 0 N–H and O–H groups in total. The first-order valence-corrected chi connectivity index (χ1v) is 7.27. The Morgan fingerprint density at radius 2 is 1.71 bits per heavy atom. The van der Waals surface area contributed by atoms with Gasteiger partial charge in [0.1, 0.15) is 23.1 Å². The van der Waals surface area contributed by atoms with E-state index in [1.807, 2.05) is 6.07 Å². The molecule has 0 saturated heterocycles. The van der Waals surface area contributed by atoms with E-state index in [9.17, 15) is 8.78 Å². The van der Waals surface area contributed by atoms with Gasteiger partial charge in [0.25, 0.3) is 0 Å². The van der Waals surface area contributed by atoms with E-state index < -0.39 is 11.6 Å². The number of alkyl halides is 1. The van der Waals surface area contributed by atoms with E-state index in [4.69, 9.17) is 9.47 Å². The Morgan fingerprint density at radius 3 is 2.29 bits per heavy atom. The highest BCUT2D eigenvalue weighted by atomic mass is 79.9. The third-order valence-electron chi connectivity index (χ3n) is 3.22. The van der Waals surface area contributed by atoms with Crippen LogP contribution in [0.2, 0.25) is 0 Å². The lowest BCUT2D eigenvalue weighted by molar-refractivity contribution is 0.390. The van der Waals surface area contributed by atoms with Gasteiger partial charge in [0.15, 0.2) is 0 Å². The molecule has 0 fully saturated rings. The minimum Gasteiger partial charge on any atom is -0.497 e. The molecule has 2 aromatic carbocycles. The van der Waals surface area contributed by atoms with Crippen molar-refractivity contribution >= 4 is 15.9 Å². The highest BCUT2D eigenvalue weighted by Crippen LogP contribution is 2.36. The second kappa shape index (κ2) is 6.89. The van der Waals surface area contributed by atoms with Gasteiger partial charge in [-0.05, 0) is 24.6 Å². The van der Waals surface area contributed by atoms with E-state index in [0.29, 0.717) is 11.5 Å². The second-order valence-corrected chi connectivity index (χ2v) is 5.59. The molecule has 1 unspecified atom stereocenters. The number of hydrogen-bond acceptors (Lipinski definition) is 2. The molecule has 0 aliphatic heterocycles. The zero-order valence-electron chi connectivity index (χ0n) is 11.7. The van der Waals surface area contributed by atoms with Crippen LogP contribution in [-0.4, -0.2) is 14.2 Å². The fourth-order valence-corrected chi connectivity index (χ4v) is 2.80. The van der Waals surface area contributed by atoms with Gasteiger partial charge in [-0.1, -0.05) is 28.1 Å². The molecule has 2 nitrogen and oxygen atoms in total. The summed E-state index contributed by atoms with van der Waals surface area (Å²) in [5.41, 5.74) is 0.859. The topological polar surface area (TPSA) is 18.5 Å². The van der Waals surface area contributed by atoms with Crippen molar-refractivity contribution in [3.05, 3.63) is 59.2 Å². The molecule has 0 spiro atoms. The van der Waals surface area contributed by atoms with Crippen LogP contribution >= 0.6 is 15.9 Å². The highest BCUT2D eigenvalue weighted by molar-refractivity contribution is 9.09. The lowest BCUT2D eigenvalue weighted by Crippen LogP contribution is -2.03. The van der Waals surface area contributed by atoms with Crippen molar-refractivity contribution in [1.29, 1.82) is 0 Å². The van der Waals surface area contributed by atoms with Gasteiger partial charge in [0.2, 0.25) is 0 Å². The molecule has 5 heteroatoms. The Labute approximate surface area is 130 Å². The molecule has 0 saturated carbocycles. The summed E-state index contributed by atoms with van der Waals surface area (Å²) in [7, 11) is 3.11. The summed E-state index contributed by atoms with van der Waals surface area (Å²) >= 11 is 3.48. The molecule has 0 aromatic heterocycles. The summed E-state index contributed by atoms with van der Waals surface area (Å²) < 4.78 is 37.9. The van der Waals surface area contributed by atoms with Crippen molar-refractivity contribution in [1.82, 2.24) is 0 Å². The number of rotatable bonds is 5. The second-order valence-electron chi connectivity index (χ2n) is 4.48. The molecule has 0 aliphatic rings. The molecule has 112 valence electrons. The molecule has 0 heterocycles. The van der Waals surface area contributed by atoms with Crippen LogP contribution in [0.1, 0.15) is 16.0 Å². The summed E-state index contributed by atoms with van der Waals surface area (Å²) in [6, 6.07) is 9.19. The number of methoxy groups -OCH3 is 2. The minimum atomic E-state index is -0.549. The van der Waals surface area contributed by atoms with Gasteiger partial charge >= 0.3 is 0 Å². The maximum absolute atomic E-state index is 13.7. The summed E-state index contributed by atoms with van der Waals surface area (Å²) in [5.74, 6) is 0.166. The summed E-state index contributed by atoms with van der Waals surface area (Å²) in [6.45, 7) is 0. The van der Waals surface area contributed by atoms with E-state index in [1.165, 1.54) is 18.2 Å². The third-order valence-corrected chi connectivity index (χ3v) is 4.04. The highest BCUT2D eigenvalue weighted by Gasteiger charge is 2.18. The minimum absolute atomic E-state index is 0.0530. The quantitative estimate of drug-likeness (QED) is 0.725. The number of ether oxygens (including phenoxy) is 2. The molecule has 2 aromatic rings. The molecule has 21 heavy (non-hydrogen) atoms. The lowest BCUT2D eigenvalue weighted by atomic mass is 10.0. The maximum Gasteiger partial charge on any atom is 0.129 e. The van der Waals surface area contributed by atoms with Crippen LogP contribution in [0.5, 0.6) is 11.5 Å². The first kappa shape index (κ1) is 15.8. The first-order chi connectivity index (χ1) is 10.1. The van der Waals surface area contributed by atoms with Crippen LogP contribution in [0, 0.1) is 11.6 Å². The van der Waals surface area contributed by atoms with Crippen LogP contribution in [0.15, 0.2) is 36.4 Å². The maximum atomic E-state index is 13.7. The molecule has 0 bridgehead atoms. The smallest absolute Gasteiger partial charge is 0.129 e. The summed E-state index contributed by atoms with van der Waals surface area (Å²) in [4.78, 5) is -0.273. The Kier molecular flexibility index (Phi) is 5.17. The van der Waals surface area contributed by atoms with Crippen molar-refractivity contribution in [2.45, 2.75) is 11.2 Å². The van der Waals surface area contributed by atoms with E-state index in [-0.39, 0.29) is 16.8 Å². The van der Waals surface area contributed by atoms with E-state index in [1.54, 1.807) is 26.4 Å². The van der Waals surface area contributed by atoms with Gasteiger partial charge in [-0.3, -0.25) is 0 Å². The third kappa shape index (κ3) is 3.53. The summed E-state index contributed by atoms with van der Waals surface area (Å²) in [5, 5.41) is 0. The monoisotopic (exact) mass is 356 g/mol. The number of halogens is 3. The van der Waals surface area contributed by atoms with E-state index in [0.717, 1.165) is 5.56 Å². The molecule has 0 amide bonds. The van der Waals surface area contributed by atoms with Gasteiger partial charge < -0.3 is 9.47 Å². The SMILES string of the molecule is COc1ccc(C(Br)Cc2c(F)cccc2F)c(OC)c1. The van der Waals surface area contributed by atoms with Crippen molar-refractivity contribution in [3.8, 4) is 11.5 Å². The largest absolute Gasteiger partial charge is 0.497 e. The predicted octanol–water partition coefficient (Wildman–Crippen LogP) is 4.66. The Balaban J connectivity index is 2.30. The van der Waals surface area contributed by atoms with Crippen molar-refractivity contribution < 1.29 is 18.3 Å².